The summed E-state index contributed by atoms with van der Waals surface area (Å²) in [5.41, 5.74) is 1.35. The summed E-state index contributed by atoms with van der Waals surface area (Å²) in [5.74, 6) is 0.398. The van der Waals surface area contributed by atoms with Gasteiger partial charge in [0.1, 0.15) is 5.75 Å². The molecule has 0 spiro atoms. The number of carbonyl (C=O) groups is 1. The molecule has 2 heterocycles. The van der Waals surface area contributed by atoms with Gasteiger partial charge in [-0.05, 0) is 35.7 Å². The van der Waals surface area contributed by atoms with Crippen molar-refractivity contribution in [2.45, 2.75) is 0 Å². The van der Waals surface area contributed by atoms with Gasteiger partial charge in [0, 0.05) is 16.8 Å². The van der Waals surface area contributed by atoms with E-state index in [9.17, 15) is 9.59 Å². The van der Waals surface area contributed by atoms with E-state index in [0.29, 0.717) is 16.0 Å². The topological polar surface area (TPSA) is 68.3 Å². The molecule has 5 nitrogen and oxygen atoms in total. The highest BCUT2D eigenvalue weighted by molar-refractivity contribution is 7.12. The molecule has 26 heavy (non-hydrogen) atoms. The Labute approximate surface area is 152 Å². The van der Waals surface area contributed by atoms with E-state index in [1.54, 1.807) is 25.4 Å². The van der Waals surface area contributed by atoms with E-state index in [1.807, 2.05) is 42.5 Å². The maximum Gasteiger partial charge on any atom is 0.265 e. The molecule has 0 unspecified atom stereocenters. The van der Waals surface area contributed by atoms with Gasteiger partial charge in [-0.3, -0.25) is 14.6 Å². The number of fused-ring (bicyclic) bond motifs is 2. The molecule has 2 aromatic carbocycles. The average molecular weight is 362 g/mol. The summed E-state index contributed by atoms with van der Waals surface area (Å²) in [6.07, 6.45) is 1.59. The quantitative estimate of drug-likeness (QED) is 0.596. The van der Waals surface area contributed by atoms with Gasteiger partial charge in [-0.1, -0.05) is 29.5 Å². The van der Waals surface area contributed by atoms with E-state index in [4.69, 9.17) is 4.74 Å². The van der Waals surface area contributed by atoms with Crippen molar-refractivity contribution in [3.8, 4) is 5.75 Å². The van der Waals surface area contributed by atoms with Gasteiger partial charge in [-0.2, -0.15) is 0 Å². The van der Waals surface area contributed by atoms with Crippen LogP contribution < -0.4 is 14.8 Å². The molecule has 0 aliphatic heterocycles. The van der Waals surface area contributed by atoms with Gasteiger partial charge in [0.15, 0.2) is 0 Å². The van der Waals surface area contributed by atoms with Crippen molar-refractivity contribution < 1.29 is 9.53 Å². The Morgan fingerprint density at radius 2 is 1.92 bits per heavy atom. The second-order valence-electron chi connectivity index (χ2n) is 5.72. The minimum atomic E-state index is -0.326. The van der Waals surface area contributed by atoms with Gasteiger partial charge in [0.2, 0.25) is 4.74 Å². The van der Waals surface area contributed by atoms with Crippen LogP contribution in [0, 0.1) is 0 Å². The lowest BCUT2D eigenvalue weighted by atomic mass is 10.2. The standard InChI is InChI=1S/C20H14N2O3S/c1-25-15-7-6-13-8-14(11-21-17(13)10-15)22-19(23)18-9-12-4-2-3-5-16(12)20(24)26-18/h2-11H,1H3,(H,22,23). The third-order valence-electron chi connectivity index (χ3n) is 4.04. The molecule has 1 N–H and O–H groups in total. The number of amides is 1. The predicted molar refractivity (Wildman–Crippen MR) is 104 cm³/mol. The van der Waals surface area contributed by atoms with Gasteiger partial charge in [-0.25, -0.2) is 0 Å². The molecule has 2 aromatic heterocycles. The zero-order valence-corrected chi connectivity index (χ0v) is 14.7. The number of ether oxygens (including phenoxy) is 1. The summed E-state index contributed by atoms with van der Waals surface area (Å²) in [5, 5.41) is 5.07. The third kappa shape index (κ3) is 3.02. The smallest absolute Gasteiger partial charge is 0.265 e. The number of pyridine rings is 1. The zero-order valence-electron chi connectivity index (χ0n) is 13.9. The number of hydrogen-bond acceptors (Lipinski definition) is 5. The second kappa shape index (κ2) is 6.57. The number of nitrogens with one attached hydrogen (secondary N) is 1. The Balaban J connectivity index is 1.65. The van der Waals surface area contributed by atoms with E-state index in [1.165, 1.54) is 0 Å². The normalized spacial score (nSPS) is 10.8. The van der Waals surface area contributed by atoms with Crippen LogP contribution in [0.5, 0.6) is 5.75 Å². The summed E-state index contributed by atoms with van der Waals surface area (Å²) in [7, 11) is 1.60. The summed E-state index contributed by atoms with van der Waals surface area (Å²) in [6.45, 7) is 0. The fourth-order valence-corrected chi connectivity index (χ4v) is 3.56. The molecule has 128 valence electrons. The fourth-order valence-electron chi connectivity index (χ4n) is 2.74. The molecule has 4 rings (SSSR count). The first-order chi connectivity index (χ1) is 12.6. The highest BCUT2D eigenvalue weighted by atomic mass is 32.1. The van der Waals surface area contributed by atoms with Crippen LogP contribution in [-0.4, -0.2) is 18.0 Å². The summed E-state index contributed by atoms with van der Waals surface area (Å²) in [6, 6.07) is 16.4. The molecule has 4 aromatic rings. The molecule has 6 heteroatoms. The lowest BCUT2D eigenvalue weighted by Gasteiger charge is -2.07. The first-order valence-electron chi connectivity index (χ1n) is 7.92. The molecule has 0 bridgehead atoms. The fraction of sp³-hybridized carbons (Fsp3) is 0.0500. The molecule has 0 atom stereocenters. The highest BCUT2D eigenvalue weighted by Crippen LogP contribution is 2.22. The lowest BCUT2D eigenvalue weighted by molar-refractivity contribution is 0.103. The molecule has 0 saturated heterocycles. The first kappa shape index (κ1) is 16.2. The van der Waals surface area contributed by atoms with Crippen molar-refractivity contribution in [3.63, 3.8) is 0 Å². The second-order valence-corrected chi connectivity index (χ2v) is 6.74. The summed E-state index contributed by atoms with van der Waals surface area (Å²) < 4.78 is 5.06. The summed E-state index contributed by atoms with van der Waals surface area (Å²) >= 11 is 0.938. The highest BCUT2D eigenvalue weighted by Gasteiger charge is 2.11. The number of aromatic nitrogens is 1. The van der Waals surface area contributed by atoms with Crippen molar-refractivity contribution >= 4 is 44.6 Å². The van der Waals surface area contributed by atoms with E-state index < -0.39 is 0 Å². The van der Waals surface area contributed by atoms with Crippen LogP contribution in [0.1, 0.15) is 9.67 Å². The number of benzene rings is 2. The number of carbonyl (C=O) groups excluding carboxylic acids is 1. The maximum atomic E-state index is 12.6. The van der Waals surface area contributed by atoms with E-state index in [-0.39, 0.29) is 10.6 Å². The van der Waals surface area contributed by atoms with E-state index in [2.05, 4.69) is 10.3 Å². The maximum absolute atomic E-state index is 12.6. The molecular weight excluding hydrogens is 348 g/mol. The Bertz CT molecular complexity index is 1200. The lowest BCUT2D eigenvalue weighted by Crippen LogP contribution is -2.13. The minimum absolute atomic E-state index is 0.128. The van der Waals surface area contributed by atoms with Crippen molar-refractivity contribution in [1.82, 2.24) is 4.98 Å². The molecule has 0 fully saturated rings. The van der Waals surface area contributed by atoms with Gasteiger partial charge in [-0.15, -0.1) is 0 Å². The zero-order chi connectivity index (χ0) is 18.1. The number of hydrogen-bond donors (Lipinski definition) is 1. The third-order valence-corrected chi connectivity index (χ3v) is 4.97. The number of nitrogens with zero attached hydrogens (tertiary/aromatic N) is 1. The molecule has 0 radical (unpaired) electrons. The molecule has 0 saturated carbocycles. The summed E-state index contributed by atoms with van der Waals surface area (Å²) in [4.78, 5) is 29.5. The molecule has 0 aliphatic rings. The van der Waals surface area contributed by atoms with Crippen LogP contribution in [0.25, 0.3) is 21.7 Å². The van der Waals surface area contributed by atoms with Crippen molar-refractivity contribution in [2.75, 3.05) is 12.4 Å². The van der Waals surface area contributed by atoms with Crippen LogP contribution >= 0.6 is 11.3 Å². The van der Waals surface area contributed by atoms with Crippen molar-refractivity contribution in [1.29, 1.82) is 0 Å². The van der Waals surface area contributed by atoms with Crippen LogP contribution in [0.15, 0.2) is 65.6 Å². The molecule has 0 aliphatic carbocycles. The van der Waals surface area contributed by atoms with Crippen LogP contribution in [-0.2, 0) is 0 Å². The largest absolute Gasteiger partial charge is 0.497 e. The van der Waals surface area contributed by atoms with Crippen LogP contribution in [0.4, 0.5) is 5.69 Å². The number of rotatable bonds is 3. The van der Waals surface area contributed by atoms with Crippen molar-refractivity contribution in [2.24, 2.45) is 0 Å². The van der Waals surface area contributed by atoms with Gasteiger partial charge >= 0.3 is 0 Å². The van der Waals surface area contributed by atoms with Gasteiger partial charge < -0.3 is 10.1 Å². The Kier molecular flexibility index (Phi) is 4.10. The van der Waals surface area contributed by atoms with Gasteiger partial charge in [0.25, 0.3) is 5.91 Å². The van der Waals surface area contributed by atoms with Crippen LogP contribution in [0.2, 0.25) is 0 Å². The Morgan fingerprint density at radius 3 is 2.77 bits per heavy atom. The van der Waals surface area contributed by atoms with Crippen LogP contribution in [0.3, 0.4) is 0 Å². The Morgan fingerprint density at radius 1 is 1.08 bits per heavy atom. The first-order valence-corrected chi connectivity index (χ1v) is 8.74. The monoisotopic (exact) mass is 362 g/mol. The molecule has 1 amide bonds. The minimum Gasteiger partial charge on any atom is -0.497 e. The Hall–Kier alpha value is -3.25. The number of anilines is 1. The SMILES string of the molecule is COc1ccc2cc(NC(=O)c3cc4ccccc4c(=O)s3)cnc2c1. The number of methoxy groups -OCH3 is 1. The van der Waals surface area contributed by atoms with Gasteiger partial charge in [0.05, 0.1) is 29.4 Å². The van der Waals surface area contributed by atoms with E-state index in [0.717, 1.165) is 33.4 Å². The predicted octanol–water partition coefficient (Wildman–Crippen LogP) is 4.07. The molecular formula is C20H14N2O3S. The van der Waals surface area contributed by atoms with E-state index >= 15 is 0 Å². The average Bonchev–Trinajstić information content (AvgIpc) is 2.67. The van der Waals surface area contributed by atoms with Crippen molar-refractivity contribution in [3.05, 3.63) is 75.2 Å².